The number of phenols is 1. The lowest BCUT2D eigenvalue weighted by molar-refractivity contribution is 0.434. The van der Waals surface area contributed by atoms with Crippen LogP contribution in [0.25, 0.3) is 10.9 Å². The maximum atomic E-state index is 10.3. The molecule has 1 heterocycles. The molecule has 100 valence electrons. The Morgan fingerprint density at radius 2 is 1.65 bits per heavy atom. The molecule has 0 saturated heterocycles. The van der Waals surface area contributed by atoms with Crippen molar-refractivity contribution in [2.45, 2.75) is 0 Å². The fourth-order valence-corrected chi connectivity index (χ4v) is 2.40. The summed E-state index contributed by atoms with van der Waals surface area (Å²) in [6.07, 6.45) is 0. The van der Waals surface area contributed by atoms with Crippen LogP contribution < -0.4 is 0 Å². The second-order valence-corrected chi connectivity index (χ2v) is 4.70. The van der Waals surface area contributed by atoms with E-state index in [1.807, 2.05) is 24.3 Å². The van der Waals surface area contributed by atoms with Crippen LogP contribution in [-0.2, 0) is 7.05 Å². The highest BCUT2D eigenvalue weighted by Gasteiger charge is 2.18. The van der Waals surface area contributed by atoms with Crippen molar-refractivity contribution in [1.29, 1.82) is 5.41 Å². The summed E-state index contributed by atoms with van der Waals surface area (Å²) < 4.78 is 1.67. The van der Waals surface area contributed by atoms with Crippen LogP contribution in [0, 0.1) is 5.41 Å². The fraction of sp³-hybridized carbons (Fsp3) is 0.0625. The van der Waals surface area contributed by atoms with E-state index < -0.39 is 0 Å². The van der Waals surface area contributed by atoms with Crippen molar-refractivity contribution in [1.82, 2.24) is 4.57 Å². The first-order valence-corrected chi connectivity index (χ1v) is 6.24. The van der Waals surface area contributed by atoms with Crippen molar-refractivity contribution >= 4 is 16.6 Å². The third-order valence-electron chi connectivity index (χ3n) is 3.48. The van der Waals surface area contributed by atoms with E-state index in [1.165, 1.54) is 12.1 Å². The molecular formula is C16H14N2O2. The number of phenolic OH excluding ortho intramolecular Hbond substituents is 1. The van der Waals surface area contributed by atoms with Gasteiger partial charge in [-0.3, -0.25) is 5.41 Å². The Kier molecular flexibility index (Phi) is 2.71. The lowest BCUT2D eigenvalue weighted by Gasteiger charge is -2.04. The number of aromatic hydroxyl groups is 2. The molecule has 4 heteroatoms. The van der Waals surface area contributed by atoms with Crippen LogP contribution in [0.2, 0.25) is 0 Å². The van der Waals surface area contributed by atoms with E-state index in [0.717, 1.165) is 10.9 Å². The van der Waals surface area contributed by atoms with Gasteiger partial charge in [0.1, 0.15) is 5.75 Å². The molecule has 0 radical (unpaired) electrons. The number of para-hydroxylation sites is 1. The maximum absolute atomic E-state index is 10.3. The molecule has 20 heavy (non-hydrogen) atoms. The number of hydrogen-bond acceptors (Lipinski definition) is 3. The zero-order valence-electron chi connectivity index (χ0n) is 11.0. The van der Waals surface area contributed by atoms with E-state index in [-0.39, 0.29) is 17.3 Å². The van der Waals surface area contributed by atoms with Gasteiger partial charge in [-0.2, -0.15) is 0 Å². The number of fused-ring (bicyclic) bond motifs is 1. The predicted octanol–water partition coefficient (Wildman–Crippen LogP) is 3.01. The number of rotatable bonds is 2. The summed E-state index contributed by atoms with van der Waals surface area (Å²) in [7, 11) is 1.77. The Morgan fingerprint density at radius 3 is 2.35 bits per heavy atom. The second-order valence-electron chi connectivity index (χ2n) is 4.70. The van der Waals surface area contributed by atoms with E-state index in [4.69, 9.17) is 5.41 Å². The van der Waals surface area contributed by atoms with Gasteiger partial charge in [0.2, 0.25) is 5.88 Å². The van der Waals surface area contributed by atoms with Crippen LogP contribution >= 0.6 is 0 Å². The zero-order chi connectivity index (χ0) is 14.3. The van der Waals surface area contributed by atoms with Gasteiger partial charge in [-0.25, -0.2) is 0 Å². The largest absolute Gasteiger partial charge is 0.508 e. The van der Waals surface area contributed by atoms with E-state index in [2.05, 4.69) is 0 Å². The van der Waals surface area contributed by atoms with Crippen molar-refractivity contribution in [3.05, 3.63) is 59.7 Å². The van der Waals surface area contributed by atoms with Crippen LogP contribution in [-0.4, -0.2) is 20.5 Å². The highest BCUT2D eigenvalue weighted by Crippen LogP contribution is 2.32. The number of benzene rings is 2. The topological polar surface area (TPSA) is 69.2 Å². The van der Waals surface area contributed by atoms with Gasteiger partial charge < -0.3 is 14.8 Å². The molecule has 3 aromatic rings. The Morgan fingerprint density at radius 1 is 1.00 bits per heavy atom. The van der Waals surface area contributed by atoms with Crippen molar-refractivity contribution in [2.75, 3.05) is 0 Å². The van der Waals surface area contributed by atoms with Gasteiger partial charge in [0, 0.05) is 18.0 Å². The molecule has 0 unspecified atom stereocenters. The number of nitrogens with one attached hydrogen (secondary N) is 1. The van der Waals surface area contributed by atoms with Gasteiger partial charge in [-0.05, 0) is 30.3 Å². The first-order valence-electron chi connectivity index (χ1n) is 6.24. The first-order chi connectivity index (χ1) is 9.59. The Labute approximate surface area is 116 Å². The standard InChI is InChI=1S/C16H14N2O2/c1-18-13-5-3-2-4-12(13)14(16(18)20)15(17)10-6-8-11(19)9-7-10/h2-9,17,19-20H,1H3. The molecule has 4 nitrogen and oxygen atoms in total. The Bertz CT molecular complexity index is 801. The summed E-state index contributed by atoms with van der Waals surface area (Å²) in [6, 6.07) is 14.0. The summed E-state index contributed by atoms with van der Waals surface area (Å²) in [4.78, 5) is 0. The third-order valence-corrected chi connectivity index (χ3v) is 3.48. The smallest absolute Gasteiger partial charge is 0.201 e. The lowest BCUT2D eigenvalue weighted by atomic mass is 10.0. The van der Waals surface area contributed by atoms with Gasteiger partial charge in [0.05, 0.1) is 16.8 Å². The Balaban J connectivity index is 2.22. The highest BCUT2D eigenvalue weighted by atomic mass is 16.3. The molecule has 0 bridgehead atoms. The molecule has 1 aromatic heterocycles. The molecule has 0 aliphatic heterocycles. The van der Waals surface area contributed by atoms with Gasteiger partial charge in [0.25, 0.3) is 0 Å². The molecule has 0 atom stereocenters. The summed E-state index contributed by atoms with van der Waals surface area (Å²) in [5, 5.41) is 28.8. The normalized spacial score (nSPS) is 10.8. The summed E-state index contributed by atoms with van der Waals surface area (Å²) in [5.41, 5.74) is 2.27. The lowest BCUT2D eigenvalue weighted by Crippen LogP contribution is -2.01. The Hall–Kier alpha value is -2.75. The molecule has 2 aromatic carbocycles. The van der Waals surface area contributed by atoms with Crippen LogP contribution in [0.15, 0.2) is 48.5 Å². The molecule has 0 saturated carbocycles. The number of aryl methyl sites for hydroxylation is 1. The minimum absolute atomic E-state index is 0.0734. The summed E-state index contributed by atoms with van der Waals surface area (Å²) >= 11 is 0. The van der Waals surface area contributed by atoms with Crippen LogP contribution in [0.4, 0.5) is 0 Å². The molecule has 0 aliphatic carbocycles. The molecule has 0 fully saturated rings. The number of nitrogens with zero attached hydrogens (tertiary/aromatic N) is 1. The molecule has 3 N–H and O–H groups in total. The molecular weight excluding hydrogens is 252 g/mol. The average Bonchev–Trinajstić information content (AvgIpc) is 2.72. The van der Waals surface area contributed by atoms with Gasteiger partial charge >= 0.3 is 0 Å². The van der Waals surface area contributed by atoms with Crippen LogP contribution in [0.1, 0.15) is 11.1 Å². The van der Waals surface area contributed by atoms with Gasteiger partial charge in [0.15, 0.2) is 0 Å². The fourth-order valence-electron chi connectivity index (χ4n) is 2.40. The van der Waals surface area contributed by atoms with Gasteiger partial charge in [-0.15, -0.1) is 0 Å². The first kappa shape index (κ1) is 12.3. The van der Waals surface area contributed by atoms with Crippen LogP contribution in [0.3, 0.4) is 0 Å². The summed E-state index contributed by atoms with van der Waals surface area (Å²) in [5.74, 6) is 0.230. The van der Waals surface area contributed by atoms with E-state index >= 15 is 0 Å². The average molecular weight is 266 g/mol. The minimum Gasteiger partial charge on any atom is -0.508 e. The monoisotopic (exact) mass is 266 g/mol. The SMILES string of the molecule is Cn1c(O)c(C(=N)c2ccc(O)cc2)c2ccccc21. The third kappa shape index (κ3) is 1.73. The molecule has 0 amide bonds. The second kappa shape index (κ2) is 4.42. The molecule has 0 spiro atoms. The number of aromatic nitrogens is 1. The van der Waals surface area contributed by atoms with Gasteiger partial charge in [-0.1, -0.05) is 18.2 Å². The maximum Gasteiger partial charge on any atom is 0.201 e. The highest BCUT2D eigenvalue weighted by molar-refractivity contribution is 6.19. The van der Waals surface area contributed by atoms with Crippen molar-refractivity contribution in [3.63, 3.8) is 0 Å². The molecule has 3 rings (SSSR count). The van der Waals surface area contributed by atoms with E-state index in [1.54, 1.807) is 23.7 Å². The minimum atomic E-state index is 0.0734. The van der Waals surface area contributed by atoms with Crippen LogP contribution in [0.5, 0.6) is 11.6 Å². The number of hydrogen-bond donors (Lipinski definition) is 3. The predicted molar refractivity (Wildman–Crippen MR) is 78.6 cm³/mol. The van der Waals surface area contributed by atoms with Crippen molar-refractivity contribution in [3.8, 4) is 11.6 Å². The quantitative estimate of drug-likeness (QED) is 0.624. The molecule has 0 aliphatic rings. The summed E-state index contributed by atoms with van der Waals surface area (Å²) in [6.45, 7) is 0. The van der Waals surface area contributed by atoms with E-state index in [9.17, 15) is 10.2 Å². The zero-order valence-corrected chi connectivity index (χ0v) is 11.0. The van der Waals surface area contributed by atoms with Crippen molar-refractivity contribution < 1.29 is 10.2 Å². The van der Waals surface area contributed by atoms with Crippen molar-refractivity contribution in [2.24, 2.45) is 7.05 Å². The van der Waals surface area contributed by atoms with E-state index in [0.29, 0.717) is 11.1 Å².